The summed E-state index contributed by atoms with van der Waals surface area (Å²) in [5.74, 6) is -0.424. The summed E-state index contributed by atoms with van der Waals surface area (Å²) in [6.07, 6.45) is 3.56. The number of benzene rings is 1. The van der Waals surface area contributed by atoms with Crippen LogP contribution in [0.4, 0.5) is 5.69 Å². The van der Waals surface area contributed by atoms with Gasteiger partial charge in [-0.3, -0.25) is 9.59 Å². The number of hydrogen-bond donors (Lipinski definition) is 0. The second-order valence-corrected chi connectivity index (χ2v) is 6.48. The van der Waals surface area contributed by atoms with E-state index in [0.29, 0.717) is 6.54 Å². The van der Waals surface area contributed by atoms with Crippen LogP contribution in [-0.4, -0.2) is 62.8 Å². The van der Waals surface area contributed by atoms with Gasteiger partial charge in [0.2, 0.25) is 5.91 Å². The molecular formula is C20H28N2O4. The maximum absolute atomic E-state index is 12.4. The topological polar surface area (TPSA) is 59.1 Å². The third kappa shape index (κ3) is 5.88. The van der Waals surface area contributed by atoms with E-state index in [1.807, 2.05) is 26.0 Å². The van der Waals surface area contributed by atoms with Crippen LogP contribution >= 0.6 is 0 Å². The van der Waals surface area contributed by atoms with E-state index in [0.717, 1.165) is 31.9 Å². The molecule has 2 rings (SSSR count). The Balaban J connectivity index is 1.95. The number of esters is 1. The van der Waals surface area contributed by atoms with E-state index in [4.69, 9.17) is 4.74 Å². The number of ether oxygens (including phenoxy) is 2. The number of methoxy groups -OCH3 is 1. The summed E-state index contributed by atoms with van der Waals surface area (Å²) in [5.41, 5.74) is 2.13. The molecular weight excluding hydrogens is 332 g/mol. The van der Waals surface area contributed by atoms with Crippen molar-refractivity contribution in [1.82, 2.24) is 4.90 Å². The molecule has 6 heteroatoms. The Morgan fingerprint density at radius 1 is 1.23 bits per heavy atom. The van der Waals surface area contributed by atoms with Crippen molar-refractivity contribution in [2.24, 2.45) is 0 Å². The normalized spacial score (nSPS) is 14.7. The second-order valence-electron chi connectivity index (χ2n) is 6.48. The van der Waals surface area contributed by atoms with Crippen LogP contribution in [0.3, 0.4) is 0 Å². The first-order valence-corrected chi connectivity index (χ1v) is 8.99. The van der Waals surface area contributed by atoms with Crippen LogP contribution in [0.25, 0.3) is 6.08 Å². The molecule has 0 radical (unpaired) electrons. The van der Waals surface area contributed by atoms with Crippen molar-refractivity contribution < 1.29 is 19.1 Å². The van der Waals surface area contributed by atoms with Crippen LogP contribution in [0.15, 0.2) is 30.3 Å². The van der Waals surface area contributed by atoms with Gasteiger partial charge < -0.3 is 19.3 Å². The van der Waals surface area contributed by atoms with Gasteiger partial charge >= 0.3 is 5.97 Å². The Labute approximate surface area is 155 Å². The first-order valence-electron chi connectivity index (χ1n) is 8.99. The molecule has 1 aromatic carbocycles. The SMILES string of the molecule is COC(=O)CCN(C(=O)/C=C/c1ccc(N2CCOCC2)cc1)C(C)C. The largest absolute Gasteiger partial charge is 0.469 e. The Morgan fingerprint density at radius 2 is 1.88 bits per heavy atom. The monoisotopic (exact) mass is 360 g/mol. The molecule has 6 nitrogen and oxygen atoms in total. The highest BCUT2D eigenvalue weighted by Gasteiger charge is 2.16. The van der Waals surface area contributed by atoms with Gasteiger partial charge in [0.05, 0.1) is 26.7 Å². The van der Waals surface area contributed by atoms with Gasteiger partial charge in [-0.15, -0.1) is 0 Å². The molecule has 1 amide bonds. The van der Waals surface area contributed by atoms with E-state index < -0.39 is 0 Å². The Bertz CT molecular complexity index is 619. The van der Waals surface area contributed by atoms with Crippen molar-refractivity contribution in [1.29, 1.82) is 0 Å². The zero-order valence-corrected chi connectivity index (χ0v) is 15.8. The Kier molecular flexibility index (Phi) is 7.66. The van der Waals surface area contributed by atoms with E-state index in [-0.39, 0.29) is 24.3 Å². The Morgan fingerprint density at radius 3 is 2.46 bits per heavy atom. The molecule has 1 aliphatic rings. The molecule has 0 bridgehead atoms. The number of carbonyl (C=O) groups is 2. The molecule has 0 aliphatic carbocycles. The van der Waals surface area contributed by atoms with Crippen LogP contribution in [-0.2, 0) is 19.1 Å². The van der Waals surface area contributed by atoms with Crippen LogP contribution in [0.2, 0.25) is 0 Å². The number of carbonyl (C=O) groups excluding carboxylic acids is 2. The fourth-order valence-electron chi connectivity index (χ4n) is 2.82. The van der Waals surface area contributed by atoms with Gasteiger partial charge in [0, 0.05) is 37.4 Å². The lowest BCUT2D eigenvalue weighted by Gasteiger charge is -2.28. The van der Waals surface area contributed by atoms with E-state index in [1.165, 1.54) is 12.8 Å². The first-order chi connectivity index (χ1) is 12.5. The maximum Gasteiger partial charge on any atom is 0.307 e. The summed E-state index contributed by atoms with van der Waals surface area (Å²) in [6.45, 7) is 7.53. The first kappa shape index (κ1) is 20.0. The van der Waals surface area contributed by atoms with Crippen molar-refractivity contribution in [2.75, 3.05) is 44.9 Å². The van der Waals surface area contributed by atoms with Crippen molar-refractivity contribution in [3.63, 3.8) is 0 Å². The zero-order chi connectivity index (χ0) is 18.9. The number of rotatable bonds is 7. The number of hydrogen-bond acceptors (Lipinski definition) is 5. The number of amides is 1. The van der Waals surface area contributed by atoms with Crippen LogP contribution in [0.1, 0.15) is 25.8 Å². The van der Waals surface area contributed by atoms with Crippen molar-refractivity contribution in [3.05, 3.63) is 35.9 Å². The Hall–Kier alpha value is -2.34. The molecule has 0 saturated carbocycles. The van der Waals surface area contributed by atoms with Gasteiger partial charge in [0.15, 0.2) is 0 Å². The molecule has 1 heterocycles. The predicted octanol–water partition coefficient (Wildman–Crippen LogP) is 2.34. The second kappa shape index (κ2) is 9.97. The molecule has 0 atom stereocenters. The minimum Gasteiger partial charge on any atom is -0.469 e. The van der Waals surface area contributed by atoms with Gasteiger partial charge in [-0.2, -0.15) is 0 Å². The quantitative estimate of drug-likeness (QED) is 0.552. The zero-order valence-electron chi connectivity index (χ0n) is 15.8. The van der Waals surface area contributed by atoms with Crippen LogP contribution in [0.5, 0.6) is 0 Å². The number of morpholine rings is 1. The van der Waals surface area contributed by atoms with Crippen LogP contribution < -0.4 is 4.90 Å². The predicted molar refractivity (Wildman–Crippen MR) is 102 cm³/mol. The fraction of sp³-hybridized carbons (Fsp3) is 0.500. The highest BCUT2D eigenvalue weighted by molar-refractivity contribution is 5.92. The standard InChI is InChI=1S/C20H28N2O4/c1-16(2)22(11-10-20(24)25-3)19(23)9-6-17-4-7-18(8-5-17)21-12-14-26-15-13-21/h4-9,16H,10-15H2,1-3H3/b9-6+. The molecule has 142 valence electrons. The summed E-state index contributed by atoms with van der Waals surface area (Å²) >= 11 is 0. The smallest absolute Gasteiger partial charge is 0.307 e. The van der Waals surface area contributed by atoms with Gasteiger partial charge in [-0.05, 0) is 37.6 Å². The molecule has 26 heavy (non-hydrogen) atoms. The third-order valence-electron chi connectivity index (χ3n) is 4.38. The van der Waals surface area contributed by atoms with E-state index >= 15 is 0 Å². The highest BCUT2D eigenvalue weighted by atomic mass is 16.5. The van der Waals surface area contributed by atoms with E-state index in [1.54, 1.807) is 17.1 Å². The summed E-state index contributed by atoms with van der Waals surface area (Å²) in [4.78, 5) is 27.7. The fourth-order valence-corrected chi connectivity index (χ4v) is 2.82. The van der Waals surface area contributed by atoms with Crippen molar-refractivity contribution in [2.45, 2.75) is 26.3 Å². The van der Waals surface area contributed by atoms with Gasteiger partial charge in [-0.25, -0.2) is 0 Å². The van der Waals surface area contributed by atoms with Gasteiger partial charge in [0.25, 0.3) is 0 Å². The van der Waals surface area contributed by atoms with Crippen molar-refractivity contribution >= 4 is 23.6 Å². The van der Waals surface area contributed by atoms with Crippen LogP contribution in [0, 0.1) is 0 Å². The molecule has 0 unspecified atom stereocenters. The van der Waals surface area contributed by atoms with E-state index in [2.05, 4.69) is 21.8 Å². The summed E-state index contributed by atoms with van der Waals surface area (Å²) in [5, 5.41) is 0. The number of nitrogens with zero attached hydrogens (tertiary/aromatic N) is 2. The number of anilines is 1. The third-order valence-corrected chi connectivity index (χ3v) is 4.38. The lowest BCUT2D eigenvalue weighted by atomic mass is 10.1. The van der Waals surface area contributed by atoms with E-state index in [9.17, 15) is 9.59 Å². The van der Waals surface area contributed by atoms with Crippen molar-refractivity contribution in [3.8, 4) is 0 Å². The molecule has 1 saturated heterocycles. The average molecular weight is 360 g/mol. The molecule has 1 aliphatic heterocycles. The maximum atomic E-state index is 12.4. The minimum atomic E-state index is -0.314. The lowest BCUT2D eigenvalue weighted by molar-refractivity contribution is -0.141. The summed E-state index contributed by atoms with van der Waals surface area (Å²) in [7, 11) is 1.35. The summed E-state index contributed by atoms with van der Waals surface area (Å²) in [6, 6.07) is 8.14. The highest BCUT2D eigenvalue weighted by Crippen LogP contribution is 2.17. The molecule has 1 aromatic rings. The minimum absolute atomic E-state index is 0.0144. The molecule has 0 aromatic heterocycles. The average Bonchev–Trinajstić information content (AvgIpc) is 2.67. The lowest BCUT2D eigenvalue weighted by Crippen LogP contribution is -2.37. The van der Waals surface area contributed by atoms with Gasteiger partial charge in [-0.1, -0.05) is 12.1 Å². The molecule has 1 fully saturated rings. The van der Waals surface area contributed by atoms with Gasteiger partial charge in [0.1, 0.15) is 0 Å². The molecule has 0 spiro atoms. The summed E-state index contributed by atoms with van der Waals surface area (Å²) < 4.78 is 10.0. The molecule has 0 N–H and O–H groups in total.